The fraction of sp³-hybridized carbons (Fsp3) is 0. The van der Waals surface area contributed by atoms with Crippen LogP contribution in [0, 0.1) is 0 Å². The number of oxazole rings is 1. The van der Waals surface area contributed by atoms with Crippen molar-refractivity contribution in [2.45, 2.75) is 9.10 Å². The van der Waals surface area contributed by atoms with Crippen molar-refractivity contribution in [2.75, 3.05) is 9.44 Å². The van der Waals surface area contributed by atoms with Gasteiger partial charge in [-0.1, -0.05) is 34.8 Å². The van der Waals surface area contributed by atoms with Gasteiger partial charge in [0, 0.05) is 11.3 Å². The third-order valence-corrected chi connectivity index (χ3v) is 10.3. The van der Waals surface area contributed by atoms with Gasteiger partial charge in [0.1, 0.15) is 9.73 Å². The first-order chi connectivity index (χ1) is 17.5. The predicted molar refractivity (Wildman–Crippen MR) is 147 cm³/mol. The van der Waals surface area contributed by atoms with Crippen LogP contribution in [-0.2, 0) is 20.0 Å². The van der Waals surface area contributed by atoms with Gasteiger partial charge in [-0.3, -0.25) is 9.44 Å². The Bertz CT molecular complexity index is 1850. The highest BCUT2D eigenvalue weighted by atomic mass is 35.5. The molecule has 0 saturated heterocycles. The van der Waals surface area contributed by atoms with Crippen molar-refractivity contribution < 1.29 is 21.3 Å². The van der Waals surface area contributed by atoms with Gasteiger partial charge in [-0.25, -0.2) is 21.8 Å². The largest absolute Gasteiger partial charge is 0.436 e. The Labute approximate surface area is 230 Å². The minimum atomic E-state index is -3.92. The Balaban J connectivity index is 1.35. The molecule has 0 aliphatic rings. The monoisotopic (exact) mass is 613 g/mol. The molecule has 14 heteroatoms. The van der Waals surface area contributed by atoms with Crippen LogP contribution in [0.2, 0.25) is 14.4 Å². The zero-order chi connectivity index (χ0) is 26.4. The molecule has 0 atom stereocenters. The summed E-state index contributed by atoms with van der Waals surface area (Å²) in [7, 11) is -7.68. The number of hydrogen-bond donors (Lipinski definition) is 2. The molecule has 5 rings (SSSR count). The molecule has 0 aliphatic heterocycles. The molecule has 2 N–H and O–H groups in total. The summed E-state index contributed by atoms with van der Waals surface area (Å²) >= 11 is 18.6. The van der Waals surface area contributed by atoms with Crippen LogP contribution in [0.5, 0.6) is 0 Å². The van der Waals surface area contributed by atoms with Crippen LogP contribution in [0.15, 0.2) is 86.3 Å². The van der Waals surface area contributed by atoms with Gasteiger partial charge in [0.15, 0.2) is 5.58 Å². The lowest BCUT2D eigenvalue weighted by Crippen LogP contribution is -2.12. The first-order valence-corrected chi connectivity index (χ1v) is 15.2. The molecule has 0 fully saturated rings. The number of rotatable bonds is 7. The summed E-state index contributed by atoms with van der Waals surface area (Å²) in [6.45, 7) is 0. The minimum Gasteiger partial charge on any atom is -0.436 e. The van der Waals surface area contributed by atoms with E-state index < -0.39 is 20.0 Å². The Morgan fingerprint density at radius 1 is 0.730 bits per heavy atom. The molecule has 0 aliphatic carbocycles. The molecule has 0 unspecified atom stereocenters. The van der Waals surface area contributed by atoms with Gasteiger partial charge in [0.25, 0.3) is 20.0 Å². The molecule has 0 radical (unpaired) electrons. The number of hydrogen-bond acceptors (Lipinski definition) is 7. The normalized spacial score (nSPS) is 12.1. The first kappa shape index (κ1) is 25.8. The fourth-order valence-electron chi connectivity index (χ4n) is 3.30. The number of aromatic nitrogens is 1. The van der Waals surface area contributed by atoms with Crippen LogP contribution in [0.25, 0.3) is 22.6 Å². The van der Waals surface area contributed by atoms with Gasteiger partial charge in [-0.05, 0) is 72.8 Å². The van der Waals surface area contributed by atoms with E-state index in [-0.39, 0.29) is 30.7 Å². The second kappa shape index (κ2) is 9.82. The van der Waals surface area contributed by atoms with E-state index >= 15 is 0 Å². The number of halogens is 3. The van der Waals surface area contributed by atoms with Crippen molar-refractivity contribution in [2.24, 2.45) is 0 Å². The maximum atomic E-state index is 12.7. The third-order valence-electron chi connectivity index (χ3n) is 5.04. The first-order valence-electron chi connectivity index (χ1n) is 10.3. The highest BCUT2D eigenvalue weighted by molar-refractivity contribution is 7.94. The highest BCUT2D eigenvalue weighted by Gasteiger charge is 2.19. The highest BCUT2D eigenvalue weighted by Crippen LogP contribution is 2.31. The summed E-state index contributed by atoms with van der Waals surface area (Å²) in [5.41, 5.74) is 2.08. The van der Waals surface area contributed by atoms with Crippen LogP contribution in [0.1, 0.15) is 0 Å². The molecule has 2 aromatic heterocycles. The van der Waals surface area contributed by atoms with Gasteiger partial charge >= 0.3 is 0 Å². The smallest absolute Gasteiger partial charge is 0.271 e. The lowest BCUT2D eigenvalue weighted by Gasteiger charge is -2.08. The summed E-state index contributed by atoms with van der Waals surface area (Å²) in [6.07, 6.45) is 0. The van der Waals surface area contributed by atoms with Gasteiger partial charge < -0.3 is 4.42 Å². The van der Waals surface area contributed by atoms with Gasteiger partial charge in [0.05, 0.1) is 25.0 Å². The van der Waals surface area contributed by atoms with Crippen LogP contribution >= 0.6 is 46.1 Å². The summed E-state index contributed by atoms with van der Waals surface area (Å²) in [4.78, 5) is 4.39. The number of sulfonamides is 2. The van der Waals surface area contributed by atoms with Crippen molar-refractivity contribution >= 4 is 88.7 Å². The van der Waals surface area contributed by atoms with Crippen molar-refractivity contribution in [1.82, 2.24) is 4.98 Å². The Kier molecular flexibility index (Phi) is 6.86. The Hall–Kier alpha value is -2.80. The molecule has 0 amide bonds. The topological polar surface area (TPSA) is 118 Å². The summed E-state index contributed by atoms with van der Waals surface area (Å²) in [5, 5.41) is 0.367. The second-order valence-electron chi connectivity index (χ2n) is 7.62. The molecule has 8 nitrogen and oxygen atoms in total. The molecule has 190 valence electrons. The Morgan fingerprint density at radius 2 is 1.43 bits per heavy atom. The van der Waals surface area contributed by atoms with Crippen molar-refractivity contribution in [3.63, 3.8) is 0 Å². The van der Waals surface area contributed by atoms with E-state index in [0.29, 0.717) is 26.7 Å². The van der Waals surface area contributed by atoms with E-state index in [1.807, 2.05) is 0 Å². The van der Waals surface area contributed by atoms with E-state index in [2.05, 4.69) is 14.4 Å². The van der Waals surface area contributed by atoms with E-state index in [9.17, 15) is 16.8 Å². The van der Waals surface area contributed by atoms with Crippen molar-refractivity contribution in [1.29, 1.82) is 0 Å². The minimum absolute atomic E-state index is 0.0410. The predicted octanol–water partition coefficient (Wildman–Crippen LogP) is 7.12. The van der Waals surface area contributed by atoms with Crippen LogP contribution in [-0.4, -0.2) is 21.8 Å². The number of fused-ring (bicyclic) bond motifs is 1. The van der Waals surface area contributed by atoms with Crippen LogP contribution < -0.4 is 9.44 Å². The summed E-state index contributed by atoms with van der Waals surface area (Å²) in [6, 6.07) is 18.1. The quantitative estimate of drug-likeness (QED) is 0.202. The maximum Gasteiger partial charge on any atom is 0.271 e. The van der Waals surface area contributed by atoms with E-state index in [1.54, 1.807) is 36.4 Å². The average Bonchev–Trinajstić information content (AvgIpc) is 3.47. The van der Waals surface area contributed by atoms with Crippen LogP contribution in [0.4, 0.5) is 11.4 Å². The fourth-order valence-corrected chi connectivity index (χ4v) is 7.28. The standard InChI is InChI=1S/C23H14Cl3N3O5S3/c24-17-7-6-16(12-18(17)25)36(30,31)29-15-5-8-20-19(11-15)27-23(34-20)13-1-3-14(4-2-13)28-37(32,33)22-10-9-21(26)35-22/h1-12,28-29H. The number of benzene rings is 3. The Morgan fingerprint density at radius 3 is 2.11 bits per heavy atom. The van der Waals surface area contributed by atoms with Gasteiger partial charge in [-0.15, -0.1) is 11.3 Å². The second-order valence-corrected chi connectivity index (χ2v) is 13.7. The number of thiophene rings is 1. The van der Waals surface area contributed by atoms with Gasteiger partial charge in [-0.2, -0.15) is 0 Å². The summed E-state index contributed by atoms with van der Waals surface area (Å²) < 4.78 is 61.7. The van der Waals surface area contributed by atoms with Crippen molar-refractivity contribution in [3.05, 3.63) is 87.2 Å². The lowest BCUT2D eigenvalue weighted by atomic mass is 10.2. The zero-order valence-electron chi connectivity index (χ0n) is 18.3. The number of nitrogens with one attached hydrogen (secondary N) is 2. The molecule has 37 heavy (non-hydrogen) atoms. The average molecular weight is 615 g/mol. The van der Waals surface area contributed by atoms with E-state index in [4.69, 9.17) is 39.2 Å². The maximum absolute atomic E-state index is 12.7. The zero-order valence-corrected chi connectivity index (χ0v) is 23.0. The molecule has 3 aromatic carbocycles. The molecule has 0 spiro atoms. The third kappa shape index (κ3) is 5.57. The van der Waals surface area contributed by atoms with Crippen molar-refractivity contribution in [3.8, 4) is 11.5 Å². The SMILES string of the molecule is O=S(=O)(Nc1ccc2oc(-c3ccc(NS(=O)(=O)c4ccc(Cl)s4)cc3)nc2c1)c1ccc(Cl)c(Cl)c1. The molecular formula is C23H14Cl3N3O5S3. The number of anilines is 2. The van der Waals surface area contributed by atoms with Crippen LogP contribution in [0.3, 0.4) is 0 Å². The molecule has 0 bridgehead atoms. The molecule has 5 aromatic rings. The molecule has 0 saturated carbocycles. The van der Waals surface area contributed by atoms with E-state index in [0.717, 1.165) is 11.3 Å². The lowest BCUT2D eigenvalue weighted by molar-refractivity contribution is 0.600. The number of nitrogens with zero attached hydrogens (tertiary/aromatic N) is 1. The summed E-state index contributed by atoms with van der Waals surface area (Å²) in [5.74, 6) is 0.277. The molecule has 2 heterocycles. The molecular weight excluding hydrogens is 601 g/mol. The van der Waals surface area contributed by atoms with E-state index in [1.165, 1.54) is 36.4 Å². The van der Waals surface area contributed by atoms with Gasteiger partial charge in [0.2, 0.25) is 5.89 Å².